The summed E-state index contributed by atoms with van der Waals surface area (Å²) in [5, 5.41) is 11.8. The molecular formula is C25H25BrClN3O. The molecule has 0 spiro atoms. The summed E-state index contributed by atoms with van der Waals surface area (Å²) in [6.07, 6.45) is 12.0. The molecule has 0 bridgehead atoms. The smallest absolute Gasteiger partial charge is 0.0920 e. The highest BCUT2D eigenvalue weighted by atomic mass is 79.9. The number of rotatable bonds is 6. The maximum Gasteiger partial charge on any atom is 0.0920 e. The van der Waals surface area contributed by atoms with Gasteiger partial charge in [0.05, 0.1) is 5.60 Å². The molecule has 1 aliphatic rings. The van der Waals surface area contributed by atoms with Gasteiger partial charge >= 0.3 is 0 Å². The summed E-state index contributed by atoms with van der Waals surface area (Å²) in [6.45, 7) is 2.69. The molecule has 1 saturated heterocycles. The standard InChI is InChI=1S/C25H25BrClN3O/c26-24-18-29-13-9-23(24)22(19-3-1-12-28-17-19)4-2-14-30-15-10-25(31,11-16-30)20-5-7-21(27)8-6-20/h1,3-9,12-13,17-18,31H,2,10-11,14-16H2. The van der Waals surface area contributed by atoms with Crippen molar-refractivity contribution in [3.05, 3.63) is 99.5 Å². The molecule has 3 aromatic rings. The number of nitrogens with zero attached hydrogens (tertiary/aromatic N) is 3. The summed E-state index contributed by atoms with van der Waals surface area (Å²) in [6, 6.07) is 13.6. The van der Waals surface area contributed by atoms with Crippen molar-refractivity contribution in [1.29, 1.82) is 0 Å². The molecule has 0 amide bonds. The molecule has 4 rings (SSSR count). The quantitative estimate of drug-likeness (QED) is 0.474. The second-order valence-corrected chi connectivity index (χ2v) is 9.17. The maximum atomic E-state index is 11.1. The minimum atomic E-state index is -0.764. The fourth-order valence-corrected chi connectivity index (χ4v) is 4.68. The molecule has 31 heavy (non-hydrogen) atoms. The molecule has 1 aliphatic heterocycles. The van der Waals surface area contributed by atoms with Crippen molar-refractivity contribution in [2.45, 2.75) is 24.9 Å². The van der Waals surface area contributed by atoms with Gasteiger partial charge in [0.25, 0.3) is 0 Å². The van der Waals surface area contributed by atoms with Crippen LogP contribution in [0.15, 0.2) is 77.8 Å². The monoisotopic (exact) mass is 497 g/mol. The lowest BCUT2D eigenvalue weighted by molar-refractivity contribution is -0.0254. The van der Waals surface area contributed by atoms with Crippen molar-refractivity contribution in [1.82, 2.24) is 14.9 Å². The van der Waals surface area contributed by atoms with Crippen molar-refractivity contribution in [3.8, 4) is 0 Å². The largest absolute Gasteiger partial charge is 0.385 e. The summed E-state index contributed by atoms with van der Waals surface area (Å²) < 4.78 is 0.969. The normalized spacial score (nSPS) is 16.9. The number of likely N-dealkylation sites (tertiary alicyclic amines) is 1. The van der Waals surface area contributed by atoms with Crippen LogP contribution in [0.5, 0.6) is 0 Å². The molecule has 3 heterocycles. The lowest BCUT2D eigenvalue weighted by Crippen LogP contribution is -2.42. The summed E-state index contributed by atoms with van der Waals surface area (Å²) >= 11 is 9.63. The summed E-state index contributed by atoms with van der Waals surface area (Å²) in [5.74, 6) is 0. The zero-order chi connectivity index (χ0) is 21.7. The van der Waals surface area contributed by atoms with Gasteiger partial charge < -0.3 is 10.0 Å². The molecule has 0 saturated carbocycles. The zero-order valence-electron chi connectivity index (χ0n) is 17.2. The van der Waals surface area contributed by atoms with E-state index in [4.69, 9.17) is 11.6 Å². The van der Waals surface area contributed by atoms with E-state index in [2.05, 4.69) is 42.9 Å². The number of benzene rings is 1. The van der Waals surface area contributed by atoms with Crippen LogP contribution in [0.1, 0.15) is 36.0 Å². The van der Waals surface area contributed by atoms with Crippen LogP contribution in [0.4, 0.5) is 0 Å². The number of halogens is 2. The average molecular weight is 499 g/mol. The highest BCUT2D eigenvalue weighted by Gasteiger charge is 2.33. The molecule has 0 atom stereocenters. The van der Waals surface area contributed by atoms with E-state index in [1.807, 2.05) is 55.0 Å². The molecule has 1 fully saturated rings. The Bertz CT molecular complexity index is 1030. The molecule has 1 aromatic carbocycles. The number of pyridine rings is 2. The molecule has 2 aromatic heterocycles. The fourth-order valence-electron chi connectivity index (χ4n) is 4.09. The molecule has 0 aliphatic carbocycles. The lowest BCUT2D eigenvalue weighted by atomic mass is 9.84. The van der Waals surface area contributed by atoms with E-state index in [0.29, 0.717) is 5.02 Å². The first-order valence-corrected chi connectivity index (χ1v) is 11.6. The first-order valence-electron chi connectivity index (χ1n) is 10.5. The van der Waals surface area contributed by atoms with E-state index in [9.17, 15) is 5.11 Å². The van der Waals surface area contributed by atoms with Crippen LogP contribution in [0.25, 0.3) is 5.57 Å². The Kier molecular flexibility index (Phi) is 7.18. The summed E-state index contributed by atoms with van der Waals surface area (Å²) in [5.41, 5.74) is 3.54. The fraction of sp³-hybridized carbons (Fsp3) is 0.280. The second kappa shape index (κ2) is 10.0. The Morgan fingerprint density at radius 3 is 2.48 bits per heavy atom. The van der Waals surface area contributed by atoms with Crippen molar-refractivity contribution in [2.75, 3.05) is 19.6 Å². The Morgan fingerprint density at radius 1 is 1.06 bits per heavy atom. The van der Waals surface area contributed by atoms with Gasteiger partial charge in [-0.3, -0.25) is 9.97 Å². The van der Waals surface area contributed by atoms with Crippen molar-refractivity contribution in [3.63, 3.8) is 0 Å². The van der Waals surface area contributed by atoms with Gasteiger partial charge in [0.2, 0.25) is 0 Å². The van der Waals surface area contributed by atoms with Crippen molar-refractivity contribution >= 4 is 33.1 Å². The highest BCUT2D eigenvalue weighted by Crippen LogP contribution is 2.34. The average Bonchev–Trinajstić information content (AvgIpc) is 2.80. The highest BCUT2D eigenvalue weighted by molar-refractivity contribution is 9.10. The van der Waals surface area contributed by atoms with Gasteiger partial charge in [-0.15, -0.1) is 0 Å². The number of hydrogen-bond donors (Lipinski definition) is 1. The van der Waals surface area contributed by atoms with E-state index in [1.54, 1.807) is 6.20 Å². The van der Waals surface area contributed by atoms with Gasteiger partial charge in [0.15, 0.2) is 0 Å². The first kappa shape index (κ1) is 22.2. The Balaban J connectivity index is 1.42. The van der Waals surface area contributed by atoms with E-state index in [1.165, 1.54) is 0 Å². The molecule has 1 N–H and O–H groups in total. The van der Waals surface area contributed by atoms with E-state index >= 15 is 0 Å². The van der Waals surface area contributed by atoms with Crippen LogP contribution >= 0.6 is 27.5 Å². The third kappa shape index (κ3) is 5.42. The first-order chi connectivity index (χ1) is 15.0. The van der Waals surface area contributed by atoms with Crippen LogP contribution in [0.3, 0.4) is 0 Å². The predicted octanol–water partition coefficient (Wildman–Crippen LogP) is 5.70. The van der Waals surface area contributed by atoms with Gasteiger partial charge in [-0.2, -0.15) is 0 Å². The van der Waals surface area contributed by atoms with Crippen molar-refractivity contribution < 1.29 is 5.11 Å². The van der Waals surface area contributed by atoms with Crippen LogP contribution in [0, 0.1) is 0 Å². The molecule has 0 unspecified atom stereocenters. The number of hydrogen-bond acceptors (Lipinski definition) is 4. The van der Waals surface area contributed by atoms with Crippen LogP contribution < -0.4 is 0 Å². The van der Waals surface area contributed by atoms with Gasteiger partial charge in [0, 0.05) is 59.5 Å². The predicted molar refractivity (Wildman–Crippen MR) is 129 cm³/mol. The molecular weight excluding hydrogens is 474 g/mol. The van der Waals surface area contributed by atoms with E-state index in [-0.39, 0.29) is 0 Å². The number of aromatic nitrogens is 2. The van der Waals surface area contributed by atoms with Crippen LogP contribution in [-0.2, 0) is 5.60 Å². The van der Waals surface area contributed by atoms with Gasteiger partial charge in [-0.1, -0.05) is 35.9 Å². The van der Waals surface area contributed by atoms with Crippen LogP contribution in [0.2, 0.25) is 5.02 Å². The molecule has 4 nitrogen and oxygen atoms in total. The van der Waals surface area contributed by atoms with Gasteiger partial charge in [-0.05, 0) is 76.2 Å². The van der Waals surface area contributed by atoms with E-state index in [0.717, 1.165) is 65.6 Å². The summed E-state index contributed by atoms with van der Waals surface area (Å²) in [4.78, 5) is 10.9. The summed E-state index contributed by atoms with van der Waals surface area (Å²) in [7, 11) is 0. The Morgan fingerprint density at radius 2 is 1.81 bits per heavy atom. The zero-order valence-corrected chi connectivity index (χ0v) is 19.6. The molecule has 160 valence electrons. The van der Waals surface area contributed by atoms with E-state index < -0.39 is 5.60 Å². The topological polar surface area (TPSA) is 49.2 Å². The molecule has 6 heteroatoms. The third-order valence-corrected chi connectivity index (χ3v) is 6.78. The third-order valence-electron chi connectivity index (χ3n) is 5.89. The number of aliphatic hydroxyl groups is 1. The second-order valence-electron chi connectivity index (χ2n) is 7.88. The minimum absolute atomic E-state index is 0.696. The number of piperidine rings is 1. The Labute approximate surface area is 196 Å². The Hall–Kier alpha value is -2.05. The SMILES string of the molecule is OC1(c2ccc(Cl)cc2)CCN(CCC=C(c2cccnc2)c2ccncc2Br)CC1. The molecule has 0 radical (unpaired) electrons. The minimum Gasteiger partial charge on any atom is -0.385 e. The van der Waals surface area contributed by atoms with Gasteiger partial charge in [0.1, 0.15) is 0 Å². The van der Waals surface area contributed by atoms with Crippen LogP contribution in [-0.4, -0.2) is 39.6 Å². The van der Waals surface area contributed by atoms with Gasteiger partial charge in [-0.25, -0.2) is 0 Å². The lowest BCUT2D eigenvalue weighted by Gasteiger charge is -2.38. The maximum absolute atomic E-state index is 11.1. The van der Waals surface area contributed by atoms with Crippen molar-refractivity contribution in [2.24, 2.45) is 0 Å².